The fraction of sp³-hybridized carbons (Fsp3) is 0.409. The van der Waals surface area contributed by atoms with Gasteiger partial charge in [-0.25, -0.2) is 0 Å². The molecule has 0 aromatic heterocycles. The van der Waals surface area contributed by atoms with Crippen LogP contribution in [0.5, 0.6) is 0 Å². The lowest BCUT2D eigenvalue weighted by atomic mass is 9.89. The van der Waals surface area contributed by atoms with Crippen molar-refractivity contribution in [2.75, 3.05) is 0 Å². The van der Waals surface area contributed by atoms with Crippen molar-refractivity contribution in [3.63, 3.8) is 0 Å². The first-order valence-electron chi connectivity index (χ1n) is 9.41. The number of hydrogen-bond acceptors (Lipinski definition) is 2. The fourth-order valence-electron chi connectivity index (χ4n) is 3.41. The Hall–Kier alpha value is -1.45. The summed E-state index contributed by atoms with van der Waals surface area (Å²) in [6.07, 6.45) is 5.70. The van der Waals surface area contributed by atoms with Crippen molar-refractivity contribution in [1.29, 1.82) is 0 Å². The number of nitrogens with one attached hydrogen (secondary N) is 1. The third kappa shape index (κ3) is 4.83. The van der Waals surface area contributed by atoms with Crippen LogP contribution in [0.3, 0.4) is 0 Å². The van der Waals surface area contributed by atoms with Gasteiger partial charge in [0.05, 0.1) is 11.3 Å². The third-order valence-electron chi connectivity index (χ3n) is 4.99. The minimum Gasteiger partial charge on any atom is -0.349 e. The van der Waals surface area contributed by atoms with Crippen LogP contribution >= 0.6 is 23.4 Å². The van der Waals surface area contributed by atoms with Crippen LogP contribution in [0.4, 0.5) is 0 Å². The van der Waals surface area contributed by atoms with Gasteiger partial charge in [-0.2, -0.15) is 0 Å². The molecule has 0 spiro atoms. The molecule has 0 radical (unpaired) electrons. The van der Waals surface area contributed by atoms with Crippen LogP contribution in [0.25, 0.3) is 0 Å². The van der Waals surface area contributed by atoms with Crippen molar-refractivity contribution in [2.24, 2.45) is 0 Å². The van der Waals surface area contributed by atoms with Crippen molar-refractivity contribution >= 4 is 29.3 Å². The first-order chi connectivity index (χ1) is 12.6. The predicted molar refractivity (Wildman–Crippen MR) is 111 cm³/mol. The smallest absolute Gasteiger partial charge is 0.233 e. The van der Waals surface area contributed by atoms with Gasteiger partial charge in [0.15, 0.2) is 0 Å². The summed E-state index contributed by atoms with van der Waals surface area (Å²) in [5, 5.41) is 3.81. The molecular formula is C22H26ClNOS. The second-order valence-electron chi connectivity index (χ2n) is 6.93. The van der Waals surface area contributed by atoms with Gasteiger partial charge in [-0.05, 0) is 80.0 Å². The zero-order valence-electron chi connectivity index (χ0n) is 15.4. The SMILES string of the molecule is CC[C@@H](Sc1ccc(Cl)cc1)C(=O)N[C@H](C)c1ccc2c(c1)CCCC2. The summed E-state index contributed by atoms with van der Waals surface area (Å²) in [4.78, 5) is 13.8. The Labute approximate surface area is 165 Å². The first-order valence-corrected chi connectivity index (χ1v) is 10.7. The molecule has 1 aliphatic carbocycles. The highest BCUT2D eigenvalue weighted by atomic mass is 35.5. The van der Waals surface area contributed by atoms with Gasteiger partial charge in [-0.1, -0.05) is 36.7 Å². The highest BCUT2D eigenvalue weighted by Crippen LogP contribution is 2.28. The van der Waals surface area contributed by atoms with Gasteiger partial charge in [0.2, 0.25) is 5.91 Å². The second-order valence-corrected chi connectivity index (χ2v) is 8.65. The van der Waals surface area contributed by atoms with Crippen molar-refractivity contribution in [3.8, 4) is 0 Å². The molecule has 26 heavy (non-hydrogen) atoms. The molecule has 0 saturated heterocycles. The van der Waals surface area contributed by atoms with Crippen LogP contribution < -0.4 is 5.32 Å². The maximum atomic E-state index is 12.8. The number of halogens is 1. The molecule has 0 heterocycles. The Morgan fingerprint density at radius 1 is 1.12 bits per heavy atom. The monoisotopic (exact) mass is 387 g/mol. The van der Waals surface area contributed by atoms with Gasteiger partial charge >= 0.3 is 0 Å². The van der Waals surface area contributed by atoms with Crippen molar-refractivity contribution < 1.29 is 4.79 Å². The summed E-state index contributed by atoms with van der Waals surface area (Å²) in [7, 11) is 0. The zero-order valence-corrected chi connectivity index (χ0v) is 17.0. The maximum Gasteiger partial charge on any atom is 0.233 e. The number of amides is 1. The molecule has 0 saturated carbocycles. The van der Waals surface area contributed by atoms with E-state index < -0.39 is 0 Å². The average Bonchev–Trinajstić information content (AvgIpc) is 2.67. The van der Waals surface area contributed by atoms with Gasteiger partial charge in [0.25, 0.3) is 0 Å². The van der Waals surface area contributed by atoms with Crippen molar-refractivity contribution in [1.82, 2.24) is 5.32 Å². The Morgan fingerprint density at radius 3 is 2.50 bits per heavy atom. The lowest BCUT2D eigenvalue weighted by Gasteiger charge is -2.22. The van der Waals surface area contributed by atoms with E-state index in [-0.39, 0.29) is 17.2 Å². The Balaban J connectivity index is 1.64. The molecule has 4 heteroatoms. The number of hydrogen-bond donors (Lipinski definition) is 1. The number of aryl methyl sites for hydroxylation is 2. The lowest BCUT2D eigenvalue weighted by molar-refractivity contribution is -0.121. The largest absolute Gasteiger partial charge is 0.349 e. The van der Waals surface area contributed by atoms with E-state index >= 15 is 0 Å². The molecule has 2 aromatic carbocycles. The normalized spacial score (nSPS) is 15.8. The summed E-state index contributed by atoms with van der Waals surface area (Å²) in [5.41, 5.74) is 4.13. The van der Waals surface area contributed by atoms with Gasteiger partial charge in [-0.3, -0.25) is 4.79 Å². The van der Waals surface area contributed by atoms with Gasteiger partial charge in [-0.15, -0.1) is 11.8 Å². The van der Waals surface area contributed by atoms with Crippen molar-refractivity contribution in [2.45, 2.75) is 62.1 Å². The Kier molecular flexibility index (Phi) is 6.66. The molecule has 2 atom stereocenters. The van der Waals surface area contributed by atoms with E-state index in [1.54, 1.807) is 11.8 Å². The average molecular weight is 388 g/mol. The van der Waals surface area contributed by atoms with Gasteiger partial charge in [0, 0.05) is 9.92 Å². The molecular weight excluding hydrogens is 362 g/mol. The molecule has 0 unspecified atom stereocenters. The number of fused-ring (bicyclic) bond motifs is 1. The molecule has 2 aromatic rings. The first kappa shape index (κ1) is 19.3. The van der Waals surface area contributed by atoms with Crippen molar-refractivity contribution in [3.05, 3.63) is 64.2 Å². The summed E-state index contributed by atoms with van der Waals surface area (Å²) >= 11 is 7.54. The lowest BCUT2D eigenvalue weighted by Crippen LogP contribution is -2.34. The molecule has 0 bridgehead atoms. The minimum absolute atomic E-state index is 0.0228. The Bertz CT molecular complexity index is 759. The molecule has 1 amide bonds. The summed E-state index contributed by atoms with van der Waals surface area (Å²) in [6.45, 7) is 4.12. The topological polar surface area (TPSA) is 29.1 Å². The highest BCUT2D eigenvalue weighted by Gasteiger charge is 2.21. The minimum atomic E-state index is -0.101. The molecule has 1 N–H and O–H groups in total. The van der Waals surface area contributed by atoms with Crippen LogP contribution in [0.15, 0.2) is 47.4 Å². The van der Waals surface area contributed by atoms with E-state index in [1.165, 1.54) is 36.0 Å². The number of carbonyl (C=O) groups excluding carboxylic acids is 1. The van der Waals surface area contributed by atoms with E-state index in [0.717, 1.165) is 17.7 Å². The van der Waals surface area contributed by atoms with Crippen LogP contribution in [0.2, 0.25) is 5.02 Å². The number of thioether (sulfide) groups is 1. The Morgan fingerprint density at radius 2 is 1.81 bits per heavy atom. The number of carbonyl (C=O) groups is 1. The molecule has 1 aliphatic rings. The van der Waals surface area contributed by atoms with E-state index in [2.05, 4.69) is 37.4 Å². The molecule has 0 aliphatic heterocycles. The van der Waals surface area contributed by atoms with E-state index in [9.17, 15) is 4.79 Å². The fourth-order valence-corrected chi connectivity index (χ4v) is 4.50. The van der Waals surface area contributed by atoms with Crippen LogP contribution in [-0.4, -0.2) is 11.2 Å². The summed E-state index contributed by atoms with van der Waals surface area (Å²) in [5.74, 6) is 0.0951. The molecule has 0 fully saturated rings. The standard InChI is InChI=1S/C22H26ClNOS/c1-3-21(26-20-12-10-19(23)11-13-20)22(25)24-15(2)17-9-8-16-6-4-5-7-18(16)14-17/h8-15,21H,3-7H2,1-2H3,(H,24,25)/t15-,21-/m1/s1. The van der Waals surface area contributed by atoms with E-state index in [0.29, 0.717) is 5.02 Å². The zero-order chi connectivity index (χ0) is 18.5. The summed E-state index contributed by atoms with van der Waals surface area (Å²) in [6, 6.07) is 14.4. The van der Waals surface area contributed by atoms with Crippen LogP contribution in [-0.2, 0) is 17.6 Å². The summed E-state index contributed by atoms with van der Waals surface area (Å²) < 4.78 is 0. The van der Waals surface area contributed by atoms with E-state index in [4.69, 9.17) is 11.6 Å². The maximum absolute atomic E-state index is 12.8. The van der Waals surface area contributed by atoms with Crippen LogP contribution in [0.1, 0.15) is 55.8 Å². The van der Waals surface area contributed by atoms with Gasteiger partial charge < -0.3 is 5.32 Å². The molecule has 2 nitrogen and oxygen atoms in total. The number of rotatable bonds is 6. The number of benzene rings is 2. The third-order valence-corrected chi connectivity index (χ3v) is 6.61. The highest BCUT2D eigenvalue weighted by molar-refractivity contribution is 8.00. The van der Waals surface area contributed by atoms with Gasteiger partial charge in [0.1, 0.15) is 0 Å². The van der Waals surface area contributed by atoms with E-state index in [1.807, 2.05) is 24.3 Å². The molecule has 138 valence electrons. The molecule has 3 rings (SSSR count). The predicted octanol–water partition coefficient (Wildman–Crippen LogP) is 5.97. The second kappa shape index (κ2) is 8.96. The quantitative estimate of drug-likeness (QED) is 0.619. The van der Waals surface area contributed by atoms with Crippen LogP contribution in [0, 0.1) is 0 Å².